The lowest BCUT2D eigenvalue weighted by Crippen LogP contribution is -2.58. The number of fused-ring (bicyclic) bond motifs is 1. The summed E-state index contributed by atoms with van der Waals surface area (Å²) in [6, 6.07) is 0. The molecule has 0 radical (unpaired) electrons. The largest absolute Gasteiger partial charge is 0.457 e. The Hall–Kier alpha value is -0.990. The molecule has 2 N–H and O–H groups in total. The fraction of sp³-hybridized carbons (Fsp3) is 0.842. The zero-order chi connectivity index (χ0) is 18.2. The van der Waals surface area contributed by atoms with E-state index in [0.717, 1.165) is 5.57 Å². The third-order valence-corrected chi connectivity index (χ3v) is 8.37. The highest BCUT2D eigenvalue weighted by Crippen LogP contribution is 2.82. The van der Waals surface area contributed by atoms with Crippen LogP contribution in [0.2, 0.25) is 0 Å². The Labute approximate surface area is 151 Å². The number of ether oxygens (including phenoxy) is 4. The van der Waals surface area contributed by atoms with Gasteiger partial charge in [-0.25, -0.2) is 4.79 Å². The molecule has 0 aromatic carbocycles. The van der Waals surface area contributed by atoms with Gasteiger partial charge in [-0.3, -0.25) is 0 Å². The highest BCUT2D eigenvalue weighted by molar-refractivity contribution is 5.88. The summed E-state index contributed by atoms with van der Waals surface area (Å²) in [6.07, 6.45) is -3.28. The van der Waals surface area contributed by atoms with Gasteiger partial charge in [0.15, 0.2) is 11.9 Å². The molecule has 7 nitrogen and oxygen atoms in total. The molecule has 2 saturated carbocycles. The first kappa shape index (κ1) is 16.0. The van der Waals surface area contributed by atoms with Gasteiger partial charge >= 0.3 is 5.97 Å². The number of aliphatic hydroxyl groups is 2. The van der Waals surface area contributed by atoms with Gasteiger partial charge in [0, 0.05) is 17.3 Å². The van der Waals surface area contributed by atoms with Crippen molar-refractivity contribution >= 4 is 5.97 Å². The van der Waals surface area contributed by atoms with E-state index in [1.807, 2.05) is 13.8 Å². The molecule has 6 aliphatic rings. The molecule has 6 rings (SSSR count). The van der Waals surface area contributed by atoms with E-state index in [1.165, 1.54) is 0 Å². The Balaban J connectivity index is 1.69. The predicted octanol–water partition coefficient (Wildman–Crippen LogP) is -0.00760. The van der Waals surface area contributed by atoms with Crippen LogP contribution in [-0.2, 0) is 23.7 Å². The number of hydrogen-bond donors (Lipinski definition) is 2. The average Bonchev–Trinajstić information content (AvgIpc) is 3.31. The summed E-state index contributed by atoms with van der Waals surface area (Å²) in [7, 11) is 0. The summed E-state index contributed by atoms with van der Waals surface area (Å²) in [4.78, 5) is 13.2. The Bertz CT molecular complexity index is 737. The number of carbonyl (C=O) groups excluding carboxylic acids is 1. The standard InChI is InChI=1S/C19H24O7/c1-7(2)9-11(20)14-18-13(21)12-10(8(3)6-24-12)19(18,15(22)25-14)26-16-17(9,18)4-5-23-16/h8-14,16,20-21H,1,4-6H2,2-3H3/t8-,9-,10?,11-,12?,13+,14?,16?,17?,18?,19?/m1/s1. The average molecular weight is 364 g/mol. The fourth-order valence-electron chi connectivity index (χ4n) is 7.98. The van der Waals surface area contributed by atoms with E-state index in [1.54, 1.807) is 0 Å². The van der Waals surface area contributed by atoms with Crippen LogP contribution in [0.25, 0.3) is 0 Å². The highest BCUT2D eigenvalue weighted by atomic mass is 16.7. The summed E-state index contributed by atoms with van der Waals surface area (Å²) in [5, 5.41) is 22.8. The lowest BCUT2D eigenvalue weighted by Gasteiger charge is -2.43. The molecule has 4 saturated heterocycles. The molecular weight excluding hydrogens is 340 g/mol. The van der Waals surface area contributed by atoms with Crippen molar-refractivity contribution in [3.05, 3.63) is 12.2 Å². The molecule has 142 valence electrons. The Morgan fingerprint density at radius 1 is 1.31 bits per heavy atom. The molecule has 7 unspecified atom stereocenters. The van der Waals surface area contributed by atoms with Crippen LogP contribution < -0.4 is 0 Å². The van der Waals surface area contributed by atoms with Gasteiger partial charge in [0.1, 0.15) is 6.10 Å². The molecule has 0 aromatic heterocycles. The van der Waals surface area contributed by atoms with Gasteiger partial charge in [0.2, 0.25) is 0 Å². The van der Waals surface area contributed by atoms with Crippen LogP contribution in [0, 0.1) is 28.6 Å². The summed E-state index contributed by atoms with van der Waals surface area (Å²) in [6.45, 7) is 8.91. The minimum atomic E-state index is -1.33. The van der Waals surface area contributed by atoms with Crippen molar-refractivity contribution in [2.24, 2.45) is 28.6 Å². The summed E-state index contributed by atoms with van der Waals surface area (Å²) in [5.41, 5.74) is -2.33. The van der Waals surface area contributed by atoms with Crippen LogP contribution in [0.1, 0.15) is 20.3 Å². The lowest BCUT2D eigenvalue weighted by molar-refractivity contribution is -0.202. The highest BCUT2D eigenvalue weighted by Gasteiger charge is 2.98. The molecule has 6 fully saturated rings. The van der Waals surface area contributed by atoms with Gasteiger partial charge in [-0.05, 0) is 19.3 Å². The minimum absolute atomic E-state index is 0.0391. The fourth-order valence-corrected chi connectivity index (χ4v) is 7.98. The quantitative estimate of drug-likeness (QED) is 0.499. The second-order valence-electron chi connectivity index (χ2n) is 9.10. The SMILES string of the molecule is C=C(C)[C@@H]1[C@@H](O)C2OC(=O)C34OC5OCCC51C23[C@@H](O)C1OC[C@@H](C)C14. The van der Waals surface area contributed by atoms with Crippen molar-refractivity contribution in [1.82, 2.24) is 0 Å². The Kier molecular flexibility index (Phi) is 2.68. The van der Waals surface area contributed by atoms with Crippen molar-refractivity contribution in [3.63, 3.8) is 0 Å². The van der Waals surface area contributed by atoms with Crippen molar-refractivity contribution in [2.75, 3.05) is 13.2 Å². The second-order valence-corrected chi connectivity index (χ2v) is 9.10. The number of hydrogen-bond acceptors (Lipinski definition) is 7. The first-order valence-corrected chi connectivity index (χ1v) is 9.49. The third-order valence-electron chi connectivity index (χ3n) is 8.37. The van der Waals surface area contributed by atoms with E-state index in [2.05, 4.69) is 6.58 Å². The van der Waals surface area contributed by atoms with Crippen LogP contribution >= 0.6 is 0 Å². The number of rotatable bonds is 1. The van der Waals surface area contributed by atoms with Crippen molar-refractivity contribution in [1.29, 1.82) is 0 Å². The van der Waals surface area contributed by atoms with Crippen LogP contribution in [0.15, 0.2) is 12.2 Å². The van der Waals surface area contributed by atoms with Crippen molar-refractivity contribution < 1.29 is 34.0 Å². The second kappa shape index (κ2) is 4.36. The number of carbonyl (C=O) groups is 1. The van der Waals surface area contributed by atoms with Crippen LogP contribution in [0.5, 0.6) is 0 Å². The van der Waals surface area contributed by atoms with Gasteiger partial charge in [-0.15, -0.1) is 0 Å². The minimum Gasteiger partial charge on any atom is -0.457 e. The van der Waals surface area contributed by atoms with E-state index < -0.39 is 53.1 Å². The topological polar surface area (TPSA) is 94.5 Å². The maximum Gasteiger partial charge on any atom is 0.340 e. The molecule has 4 aliphatic heterocycles. The zero-order valence-electron chi connectivity index (χ0n) is 14.9. The Morgan fingerprint density at radius 3 is 2.81 bits per heavy atom. The lowest BCUT2D eigenvalue weighted by atomic mass is 9.54. The Morgan fingerprint density at radius 2 is 2.08 bits per heavy atom. The van der Waals surface area contributed by atoms with Gasteiger partial charge in [0.25, 0.3) is 0 Å². The third kappa shape index (κ3) is 1.16. The monoisotopic (exact) mass is 364 g/mol. The van der Waals surface area contributed by atoms with Gasteiger partial charge in [0.05, 0.1) is 36.9 Å². The first-order chi connectivity index (χ1) is 12.4. The maximum absolute atomic E-state index is 13.2. The normalized spacial score (nSPS) is 64.2. The van der Waals surface area contributed by atoms with E-state index in [4.69, 9.17) is 18.9 Å². The molecular formula is C19H24O7. The summed E-state index contributed by atoms with van der Waals surface area (Å²) < 4.78 is 24.1. The van der Waals surface area contributed by atoms with Gasteiger partial charge < -0.3 is 29.2 Å². The van der Waals surface area contributed by atoms with Crippen LogP contribution in [0.3, 0.4) is 0 Å². The molecule has 0 aromatic rings. The maximum atomic E-state index is 13.2. The molecule has 11 atom stereocenters. The van der Waals surface area contributed by atoms with Crippen LogP contribution in [0.4, 0.5) is 0 Å². The predicted molar refractivity (Wildman–Crippen MR) is 85.6 cm³/mol. The summed E-state index contributed by atoms with van der Waals surface area (Å²) >= 11 is 0. The van der Waals surface area contributed by atoms with Crippen molar-refractivity contribution in [3.8, 4) is 0 Å². The van der Waals surface area contributed by atoms with E-state index in [9.17, 15) is 15.0 Å². The molecule has 0 bridgehead atoms. The zero-order valence-corrected chi connectivity index (χ0v) is 14.9. The number of esters is 1. The molecule has 26 heavy (non-hydrogen) atoms. The smallest absolute Gasteiger partial charge is 0.340 e. The van der Waals surface area contributed by atoms with Crippen LogP contribution in [-0.4, -0.2) is 65.7 Å². The van der Waals surface area contributed by atoms with Gasteiger partial charge in [-0.1, -0.05) is 19.1 Å². The van der Waals surface area contributed by atoms with E-state index in [-0.39, 0.29) is 17.8 Å². The van der Waals surface area contributed by atoms with Gasteiger partial charge in [-0.2, -0.15) is 0 Å². The molecule has 4 heterocycles. The molecule has 2 aliphatic carbocycles. The van der Waals surface area contributed by atoms with E-state index in [0.29, 0.717) is 19.6 Å². The van der Waals surface area contributed by atoms with Crippen molar-refractivity contribution in [2.45, 2.75) is 56.6 Å². The van der Waals surface area contributed by atoms with E-state index >= 15 is 0 Å². The number of aliphatic hydroxyl groups excluding tert-OH is 2. The summed E-state index contributed by atoms with van der Waals surface area (Å²) in [5.74, 6) is -1.11. The molecule has 7 heteroatoms. The molecule has 0 amide bonds. The molecule has 2 spiro atoms. The first-order valence-electron chi connectivity index (χ1n) is 9.49.